The Balaban J connectivity index is 2.27. The SMILES string of the molecule is C/C=C(\c1cccc(OS(=O)(=O)c2ccc(C)cc2)c1)[C@@H](C)CN(C)C. The van der Waals surface area contributed by atoms with Crippen LogP contribution in [-0.4, -0.2) is 34.0 Å². The average Bonchev–Trinajstić information content (AvgIpc) is 2.55. The summed E-state index contributed by atoms with van der Waals surface area (Å²) in [6, 6.07) is 13.9. The van der Waals surface area contributed by atoms with Gasteiger partial charge < -0.3 is 9.08 Å². The Hall–Kier alpha value is -2.11. The Morgan fingerprint density at radius 3 is 2.38 bits per heavy atom. The second-order valence-corrected chi connectivity index (χ2v) is 8.33. The van der Waals surface area contributed by atoms with Crippen molar-refractivity contribution >= 4 is 15.7 Å². The minimum absolute atomic E-state index is 0.153. The van der Waals surface area contributed by atoms with Gasteiger partial charge in [0.2, 0.25) is 0 Å². The summed E-state index contributed by atoms with van der Waals surface area (Å²) < 4.78 is 30.4. The molecule has 1 atom stereocenters. The quantitative estimate of drug-likeness (QED) is 0.677. The van der Waals surface area contributed by atoms with E-state index in [1.165, 1.54) is 0 Å². The summed E-state index contributed by atoms with van der Waals surface area (Å²) in [7, 11) is 0.232. The summed E-state index contributed by atoms with van der Waals surface area (Å²) in [5, 5.41) is 0. The first kappa shape index (κ1) is 20.2. The van der Waals surface area contributed by atoms with E-state index < -0.39 is 10.1 Å². The van der Waals surface area contributed by atoms with Gasteiger partial charge in [-0.05, 0) is 69.3 Å². The van der Waals surface area contributed by atoms with Crippen LogP contribution in [0.3, 0.4) is 0 Å². The van der Waals surface area contributed by atoms with Gasteiger partial charge in [-0.1, -0.05) is 42.8 Å². The van der Waals surface area contributed by atoms with Gasteiger partial charge in [0.05, 0.1) is 0 Å². The zero-order chi connectivity index (χ0) is 19.3. The van der Waals surface area contributed by atoms with E-state index >= 15 is 0 Å². The fraction of sp³-hybridized carbons (Fsp3) is 0.333. The molecule has 2 aromatic carbocycles. The number of nitrogens with zero attached hydrogens (tertiary/aromatic N) is 1. The lowest BCUT2D eigenvalue weighted by Gasteiger charge is -2.20. The second-order valence-electron chi connectivity index (χ2n) is 6.79. The smallest absolute Gasteiger partial charge is 0.339 e. The Kier molecular flexibility index (Phi) is 6.62. The molecular weight excluding hydrogens is 346 g/mol. The predicted octanol–water partition coefficient (Wildman–Crippen LogP) is 4.36. The van der Waals surface area contributed by atoms with E-state index in [0.717, 1.165) is 23.2 Å². The van der Waals surface area contributed by atoms with Crippen molar-refractivity contribution in [1.82, 2.24) is 4.90 Å². The molecule has 0 aliphatic heterocycles. The van der Waals surface area contributed by atoms with Crippen LogP contribution in [0.2, 0.25) is 0 Å². The molecule has 0 aliphatic rings. The molecule has 140 valence electrons. The number of hydrogen-bond acceptors (Lipinski definition) is 4. The maximum absolute atomic E-state index is 12.5. The third kappa shape index (κ3) is 5.19. The first-order valence-corrected chi connectivity index (χ1v) is 10.1. The van der Waals surface area contributed by atoms with E-state index in [0.29, 0.717) is 11.7 Å². The van der Waals surface area contributed by atoms with Crippen LogP contribution in [0.4, 0.5) is 0 Å². The molecule has 0 radical (unpaired) electrons. The van der Waals surface area contributed by atoms with Crippen molar-refractivity contribution in [2.45, 2.75) is 25.7 Å². The summed E-state index contributed by atoms with van der Waals surface area (Å²) >= 11 is 0. The fourth-order valence-electron chi connectivity index (χ4n) is 2.99. The summed E-state index contributed by atoms with van der Waals surface area (Å²) in [6.45, 7) is 6.98. The maximum atomic E-state index is 12.5. The number of benzene rings is 2. The summed E-state index contributed by atoms with van der Waals surface area (Å²) in [5.41, 5.74) is 3.13. The van der Waals surface area contributed by atoms with Crippen molar-refractivity contribution in [1.29, 1.82) is 0 Å². The predicted molar refractivity (Wildman–Crippen MR) is 107 cm³/mol. The van der Waals surface area contributed by atoms with E-state index in [1.54, 1.807) is 36.4 Å². The van der Waals surface area contributed by atoms with Crippen LogP contribution in [0.1, 0.15) is 25.0 Å². The lowest BCUT2D eigenvalue weighted by Crippen LogP contribution is -2.20. The monoisotopic (exact) mass is 373 g/mol. The molecular formula is C21H27NO3S. The van der Waals surface area contributed by atoms with E-state index in [2.05, 4.69) is 17.9 Å². The van der Waals surface area contributed by atoms with Crippen LogP contribution in [0.15, 0.2) is 59.5 Å². The summed E-state index contributed by atoms with van der Waals surface area (Å²) in [5.74, 6) is 0.637. The van der Waals surface area contributed by atoms with Crippen LogP contribution in [0, 0.1) is 12.8 Å². The van der Waals surface area contributed by atoms with Crippen molar-refractivity contribution in [3.05, 3.63) is 65.7 Å². The van der Waals surface area contributed by atoms with Gasteiger partial charge in [-0.15, -0.1) is 0 Å². The van der Waals surface area contributed by atoms with Gasteiger partial charge in [0.25, 0.3) is 0 Å². The minimum Gasteiger partial charge on any atom is -0.379 e. The highest BCUT2D eigenvalue weighted by molar-refractivity contribution is 7.87. The van der Waals surface area contributed by atoms with Gasteiger partial charge in [0, 0.05) is 6.54 Å². The molecule has 0 N–H and O–H groups in total. The van der Waals surface area contributed by atoms with Gasteiger partial charge in [-0.3, -0.25) is 0 Å². The molecule has 5 heteroatoms. The van der Waals surface area contributed by atoms with E-state index in [1.807, 2.05) is 40.1 Å². The third-order valence-corrected chi connectivity index (χ3v) is 5.43. The lowest BCUT2D eigenvalue weighted by molar-refractivity contribution is 0.376. The lowest BCUT2D eigenvalue weighted by atomic mass is 9.93. The van der Waals surface area contributed by atoms with Crippen molar-refractivity contribution < 1.29 is 12.6 Å². The second kappa shape index (κ2) is 8.52. The number of rotatable bonds is 7. The van der Waals surface area contributed by atoms with Crippen molar-refractivity contribution in [3.8, 4) is 5.75 Å². The van der Waals surface area contributed by atoms with Gasteiger partial charge in [-0.25, -0.2) is 0 Å². The molecule has 0 fully saturated rings. The minimum atomic E-state index is -3.85. The summed E-state index contributed by atoms with van der Waals surface area (Å²) in [6.07, 6.45) is 2.07. The molecule has 0 bridgehead atoms. The topological polar surface area (TPSA) is 46.6 Å². The van der Waals surface area contributed by atoms with Crippen LogP contribution in [0.5, 0.6) is 5.75 Å². The van der Waals surface area contributed by atoms with E-state index in [9.17, 15) is 8.42 Å². The molecule has 4 nitrogen and oxygen atoms in total. The molecule has 0 aliphatic carbocycles. The molecule has 0 saturated carbocycles. The Morgan fingerprint density at radius 2 is 1.81 bits per heavy atom. The molecule has 0 saturated heterocycles. The zero-order valence-corrected chi connectivity index (χ0v) is 16.9. The number of aryl methyl sites for hydroxylation is 1. The molecule has 0 unspecified atom stereocenters. The van der Waals surface area contributed by atoms with E-state index in [-0.39, 0.29) is 4.90 Å². The van der Waals surface area contributed by atoms with Crippen molar-refractivity contribution in [2.24, 2.45) is 5.92 Å². The van der Waals surface area contributed by atoms with Crippen molar-refractivity contribution in [3.63, 3.8) is 0 Å². The van der Waals surface area contributed by atoms with E-state index in [4.69, 9.17) is 4.18 Å². The van der Waals surface area contributed by atoms with Gasteiger partial charge in [0.1, 0.15) is 10.6 Å². The van der Waals surface area contributed by atoms with Crippen LogP contribution in [0.25, 0.3) is 5.57 Å². The van der Waals surface area contributed by atoms with Gasteiger partial charge >= 0.3 is 10.1 Å². The first-order valence-electron chi connectivity index (χ1n) is 8.65. The van der Waals surface area contributed by atoms with Crippen LogP contribution in [-0.2, 0) is 10.1 Å². The zero-order valence-electron chi connectivity index (χ0n) is 16.1. The molecule has 0 spiro atoms. The van der Waals surface area contributed by atoms with Crippen LogP contribution < -0.4 is 4.18 Å². The molecule has 2 rings (SSSR count). The average molecular weight is 374 g/mol. The molecule has 0 amide bonds. The molecule has 0 aromatic heterocycles. The normalized spacial score (nSPS) is 13.7. The molecule has 26 heavy (non-hydrogen) atoms. The van der Waals surface area contributed by atoms with Gasteiger partial charge in [0.15, 0.2) is 0 Å². The highest BCUT2D eigenvalue weighted by atomic mass is 32.2. The third-order valence-electron chi connectivity index (χ3n) is 4.16. The number of allylic oxidation sites excluding steroid dienone is 1. The first-order chi connectivity index (χ1) is 12.2. The highest BCUT2D eigenvalue weighted by Gasteiger charge is 2.18. The van der Waals surface area contributed by atoms with Crippen LogP contribution >= 0.6 is 0 Å². The van der Waals surface area contributed by atoms with Gasteiger partial charge in [-0.2, -0.15) is 8.42 Å². The van der Waals surface area contributed by atoms with Crippen molar-refractivity contribution in [2.75, 3.05) is 20.6 Å². The highest BCUT2D eigenvalue weighted by Crippen LogP contribution is 2.28. The maximum Gasteiger partial charge on any atom is 0.339 e. The molecule has 0 heterocycles. The fourth-order valence-corrected chi connectivity index (χ4v) is 3.91. The Bertz CT molecular complexity index is 868. The standard InChI is InChI=1S/C21H27NO3S/c1-6-21(17(3)15-22(4)5)18-8-7-9-19(14-18)25-26(23,24)20-12-10-16(2)11-13-20/h6-14,17H,15H2,1-5H3/b21-6-/t17-/m0/s1. The molecule has 2 aromatic rings. The largest absolute Gasteiger partial charge is 0.379 e. The summed E-state index contributed by atoms with van der Waals surface area (Å²) in [4.78, 5) is 2.29. The Labute approximate surface area is 157 Å². The Morgan fingerprint density at radius 1 is 1.15 bits per heavy atom. The number of hydrogen-bond donors (Lipinski definition) is 0.